The second-order valence-corrected chi connectivity index (χ2v) is 7.87. The molecule has 1 heterocycles. The first kappa shape index (κ1) is 18.5. The van der Waals surface area contributed by atoms with Gasteiger partial charge in [0.25, 0.3) is 0 Å². The maximum absolute atomic E-state index is 12.6. The monoisotopic (exact) mass is 380 g/mol. The molecule has 0 aliphatic rings. The highest BCUT2D eigenvalue weighted by atomic mass is 32.2. The number of nitriles is 1. The molecule has 0 fully saturated rings. The molecular weight excluding hydrogens is 364 g/mol. The lowest BCUT2D eigenvalue weighted by Crippen LogP contribution is -2.35. The first-order valence-electron chi connectivity index (χ1n) is 8.02. The number of benzene rings is 2. The van der Waals surface area contributed by atoms with Gasteiger partial charge in [-0.15, -0.1) is 0 Å². The Morgan fingerprint density at radius 1 is 1.15 bits per heavy atom. The van der Waals surface area contributed by atoms with Gasteiger partial charge in [-0.05, 0) is 48.5 Å². The average Bonchev–Trinajstić information content (AvgIpc) is 2.68. The Labute approximate surface area is 156 Å². The molecule has 0 atom stereocenters. The van der Waals surface area contributed by atoms with Gasteiger partial charge in [-0.1, -0.05) is 6.07 Å². The summed E-state index contributed by atoms with van der Waals surface area (Å²) in [4.78, 5) is 16.6. The van der Waals surface area contributed by atoms with Gasteiger partial charge in [-0.25, -0.2) is 8.42 Å². The van der Waals surface area contributed by atoms with E-state index in [1.807, 2.05) is 18.2 Å². The van der Waals surface area contributed by atoms with Gasteiger partial charge >= 0.3 is 0 Å². The van der Waals surface area contributed by atoms with Crippen LogP contribution in [-0.2, 0) is 14.8 Å². The zero-order valence-corrected chi connectivity index (χ0v) is 15.3. The fourth-order valence-electron chi connectivity index (χ4n) is 2.57. The Bertz CT molecular complexity index is 1130. The van der Waals surface area contributed by atoms with Crippen LogP contribution in [0.4, 0.5) is 5.69 Å². The van der Waals surface area contributed by atoms with Crippen LogP contribution in [0.3, 0.4) is 0 Å². The van der Waals surface area contributed by atoms with E-state index < -0.39 is 15.9 Å². The van der Waals surface area contributed by atoms with Crippen LogP contribution in [0.25, 0.3) is 10.9 Å². The van der Waals surface area contributed by atoms with Crippen molar-refractivity contribution in [2.45, 2.75) is 4.90 Å². The van der Waals surface area contributed by atoms with E-state index in [0.717, 1.165) is 15.2 Å². The number of nitrogens with zero attached hydrogens (tertiary/aromatic N) is 3. The molecule has 0 spiro atoms. The number of fused-ring (bicyclic) bond motifs is 1. The van der Waals surface area contributed by atoms with Crippen molar-refractivity contribution in [1.82, 2.24) is 9.29 Å². The van der Waals surface area contributed by atoms with Crippen molar-refractivity contribution in [2.75, 3.05) is 18.9 Å². The SMILES string of the molecule is CN(CC(=O)Nc1cccc2ncccc12)S(=O)(=O)c1ccc(C#N)cc1. The number of rotatable bonds is 5. The third-order valence-corrected chi connectivity index (χ3v) is 5.80. The van der Waals surface area contributed by atoms with Gasteiger partial charge in [-0.3, -0.25) is 9.78 Å². The topological polar surface area (TPSA) is 103 Å². The minimum Gasteiger partial charge on any atom is -0.324 e. The predicted molar refractivity (Wildman–Crippen MR) is 101 cm³/mol. The van der Waals surface area contributed by atoms with E-state index in [0.29, 0.717) is 11.3 Å². The Hall–Kier alpha value is -3.28. The van der Waals surface area contributed by atoms with Crippen LogP contribution in [0.15, 0.2) is 65.7 Å². The molecular formula is C19H16N4O3S. The zero-order chi connectivity index (χ0) is 19.4. The number of nitrogens with one attached hydrogen (secondary N) is 1. The largest absolute Gasteiger partial charge is 0.324 e. The maximum atomic E-state index is 12.6. The molecule has 1 aromatic heterocycles. The lowest BCUT2D eigenvalue weighted by molar-refractivity contribution is -0.116. The summed E-state index contributed by atoms with van der Waals surface area (Å²) in [5.74, 6) is -0.467. The van der Waals surface area contributed by atoms with Crippen molar-refractivity contribution in [3.63, 3.8) is 0 Å². The van der Waals surface area contributed by atoms with E-state index in [9.17, 15) is 13.2 Å². The van der Waals surface area contributed by atoms with Crippen LogP contribution in [-0.4, -0.2) is 37.2 Å². The zero-order valence-electron chi connectivity index (χ0n) is 14.5. The number of sulfonamides is 1. The van der Waals surface area contributed by atoms with Gasteiger partial charge in [0, 0.05) is 18.6 Å². The van der Waals surface area contributed by atoms with Gasteiger partial charge in [0.15, 0.2) is 0 Å². The van der Waals surface area contributed by atoms with Crippen molar-refractivity contribution < 1.29 is 13.2 Å². The van der Waals surface area contributed by atoms with Crippen molar-refractivity contribution in [3.8, 4) is 6.07 Å². The number of aromatic nitrogens is 1. The lowest BCUT2D eigenvalue weighted by Gasteiger charge is -2.17. The first-order valence-corrected chi connectivity index (χ1v) is 9.46. The van der Waals surface area contributed by atoms with Crippen molar-refractivity contribution in [3.05, 3.63) is 66.4 Å². The molecule has 3 rings (SSSR count). The van der Waals surface area contributed by atoms with Gasteiger partial charge in [0.2, 0.25) is 15.9 Å². The fourth-order valence-corrected chi connectivity index (χ4v) is 3.70. The number of anilines is 1. The molecule has 1 N–H and O–H groups in total. The van der Waals surface area contributed by atoms with E-state index in [1.165, 1.54) is 31.3 Å². The fraction of sp³-hybridized carbons (Fsp3) is 0.105. The Kier molecular flexibility index (Phi) is 5.16. The highest BCUT2D eigenvalue weighted by molar-refractivity contribution is 7.89. The van der Waals surface area contributed by atoms with Gasteiger partial charge in [0.05, 0.1) is 34.3 Å². The summed E-state index contributed by atoms with van der Waals surface area (Å²) in [6.45, 7) is -0.348. The molecule has 27 heavy (non-hydrogen) atoms. The molecule has 0 bridgehead atoms. The minimum atomic E-state index is -3.84. The molecule has 0 unspecified atom stereocenters. The summed E-state index contributed by atoms with van der Waals surface area (Å²) in [6, 6.07) is 16.4. The van der Waals surface area contributed by atoms with E-state index in [-0.39, 0.29) is 11.4 Å². The normalized spacial score (nSPS) is 11.3. The molecule has 3 aromatic rings. The molecule has 0 radical (unpaired) electrons. The molecule has 0 aliphatic carbocycles. The third kappa shape index (κ3) is 3.95. The predicted octanol–water partition coefficient (Wildman–Crippen LogP) is 2.37. The smallest absolute Gasteiger partial charge is 0.243 e. The van der Waals surface area contributed by atoms with Gasteiger partial charge in [0.1, 0.15) is 0 Å². The van der Waals surface area contributed by atoms with Crippen LogP contribution in [0.1, 0.15) is 5.56 Å². The summed E-state index contributed by atoms with van der Waals surface area (Å²) < 4.78 is 26.1. The molecule has 0 aliphatic heterocycles. The summed E-state index contributed by atoms with van der Waals surface area (Å²) in [6.07, 6.45) is 1.66. The van der Waals surface area contributed by atoms with Crippen molar-refractivity contribution in [1.29, 1.82) is 5.26 Å². The van der Waals surface area contributed by atoms with E-state index in [2.05, 4.69) is 10.3 Å². The van der Waals surface area contributed by atoms with E-state index in [1.54, 1.807) is 24.4 Å². The molecule has 1 amide bonds. The third-order valence-electron chi connectivity index (χ3n) is 3.98. The van der Waals surface area contributed by atoms with Crippen molar-refractivity contribution in [2.24, 2.45) is 0 Å². The molecule has 8 heteroatoms. The summed E-state index contributed by atoms with van der Waals surface area (Å²) >= 11 is 0. The number of amides is 1. The highest BCUT2D eigenvalue weighted by Gasteiger charge is 2.23. The van der Waals surface area contributed by atoms with Crippen LogP contribution in [0.5, 0.6) is 0 Å². The van der Waals surface area contributed by atoms with Crippen LogP contribution in [0, 0.1) is 11.3 Å². The number of pyridine rings is 1. The van der Waals surface area contributed by atoms with Crippen LogP contribution < -0.4 is 5.32 Å². The summed E-state index contributed by atoms with van der Waals surface area (Å²) in [5.41, 5.74) is 1.66. The standard InChI is InChI=1S/C19H16N4O3S/c1-23(27(25,26)15-9-7-14(12-20)8-10-15)13-19(24)22-18-6-2-5-17-16(18)4-3-11-21-17/h2-11H,13H2,1H3,(H,22,24). The van der Waals surface area contributed by atoms with Crippen LogP contribution >= 0.6 is 0 Å². The molecule has 136 valence electrons. The Balaban J connectivity index is 1.75. The van der Waals surface area contributed by atoms with Gasteiger partial charge in [-0.2, -0.15) is 9.57 Å². The second-order valence-electron chi connectivity index (χ2n) is 5.82. The molecule has 0 saturated heterocycles. The summed E-state index contributed by atoms with van der Waals surface area (Å²) in [7, 11) is -2.51. The highest BCUT2D eigenvalue weighted by Crippen LogP contribution is 2.21. The summed E-state index contributed by atoms with van der Waals surface area (Å²) in [5, 5.41) is 12.3. The van der Waals surface area contributed by atoms with Crippen molar-refractivity contribution >= 4 is 32.5 Å². The maximum Gasteiger partial charge on any atom is 0.243 e. The quantitative estimate of drug-likeness (QED) is 0.732. The Morgan fingerprint density at radius 2 is 1.89 bits per heavy atom. The number of hydrogen-bond donors (Lipinski definition) is 1. The number of hydrogen-bond acceptors (Lipinski definition) is 5. The molecule has 2 aromatic carbocycles. The second kappa shape index (κ2) is 7.53. The van der Waals surface area contributed by atoms with E-state index >= 15 is 0 Å². The van der Waals surface area contributed by atoms with E-state index in [4.69, 9.17) is 5.26 Å². The van der Waals surface area contributed by atoms with Crippen LogP contribution in [0.2, 0.25) is 0 Å². The number of carbonyl (C=O) groups is 1. The Morgan fingerprint density at radius 3 is 2.59 bits per heavy atom. The average molecular weight is 380 g/mol. The number of likely N-dealkylation sites (N-methyl/N-ethyl adjacent to an activating group) is 1. The minimum absolute atomic E-state index is 0.0196. The first-order chi connectivity index (χ1) is 12.9. The van der Waals surface area contributed by atoms with Gasteiger partial charge < -0.3 is 5.32 Å². The lowest BCUT2D eigenvalue weighted by atomic mass is 10.2. The molecule has 7 nitrogen and oxygen atoms in total. The molecule has 0 saturated carbocycles. The number of carbonyl (C=O) groups excluding carboxylic acids is 1.